The number of anilines is 1. The number of carbonyl (C=O) groups is 2. The fraction of sp³-hybridized carbons (Fsp3) is 0.0800. The zero-order valence-corrected chi connectivity index (χ0v) is 16.9. The van der Waals surface area contributed by atoms with E-state index in [-0.39, 0.29) is 23.6 Å². The molecule has 0 saturated heterocycles. The molecule has 0 aliphatic carbocycles. The summed E-state index contributed by atoms with van der Waals surface area (Å²) in [7, 11) is 0. The van der Waals surface area contributed by atoms with Crippen LogP contribution in [0.15, 0.2) is 95.9 Å². The Morgan fingerprint density at radius 2 is 1.61 bits per heavy atom. The number of aromatic nitrogens is 1. The average Bonchev–Trinajstić information content (AvgIpc) is 3.35. The second-order valence-electron chi connectivity index (χ2n) is 7.06. The molecule has 6 heteroatoms. The fourth-order valence-electron chi connectivity index (χ4n) is 3.26. The number of nitrogens with one attached hydrogen (secondary N) is 2. The highest BCUT2D eigenvalue weighted by Crippen LogP contribution is 2.23. The molecule has 0 radical (unpaired) electrons. The standard InChI is InChI=1S/C25H21N3O3/c1-17-9-10-20(16-21(17)27-25(30)22-8-5-15-31-22)24(29)28-23(18-6-3-2-4-7-18)19-11-13-26-14-12-19/h2-16,23H,1H3,(H,27,30)(H,28,29). The van der Waals surface area contributed by atoms with Gasteiger partial charge in [-0.3, -0.25) is 14.6 Å². The highest BCUT2D eigenvalue weighted by molar-refractivity contribution is 6.04. The maximum absolute atomic E-state index is 13.1. The Bertz CT molecular complexity index is 1130. The number of aryl methyl sites for hydroxylation is 1. The van der Waals surface area contributed by atoms with Crippen molar-refractivity contribution in [3.05, 3.63) is 119 Å². The van der Waals surface area contributed by atoms with Crippen molar-refractivity contribution in [3.63, 3.8) is 0 Å². The van der Waals surface area contributed by atoms with E-state index in [0.717, 1.165) is 16.7 Å². The number of rotatable bonds is 6. The third kappa shape index (κ3) is 4.70. The summed E-state index contributed by atoms with van der Waals surface area (Å²) in [4.78, 5) is 29.5. The Kier molecular flexibility index (Phi) is 5.89. The van der Waals surface area contributed by atoms with Crippen LogP contribution in [0.4, 0.5) is 5.69 Å². The van der Waals surface area contributed by atoms with E-state index in [1.54, 1.807) is 42.7 Å². The van der Waals surface area contributed by atoms with Gasteiger partial charge >= 0.3 is 0 Å². The van der Waals surface area contributed by atoms with Crippen LogP contribution in [-0.4, -0.2) is 16.8 Å². The molecule has 0 bridgehead atoms. The summed E-state index contributed by atoms with van der Waals surface area (Å²) in [6.45, 7) is 1.86. The van der Waals surface area contributed by atoms with Gasteiger partial charge in [0.2, 0.25) is 0 Å². The maximum Gasteiger partial charge on any atom is 0.291 e. The van der Waals surface area contributed by atoms with Gasteiger partial charge in [-0.1, -0.05) is 36.4 Å². The lowest BCUT2D eigenvalue weighted by molar-refractivity contribution is 0.0941. The van der Waals surface area contributed by atoms with Crippen LogP contribution in [0.3, 0.4) is 0 Å². The quantitative estimate of drug-likeness (QED) is 0.479. The highest BCUT2D eigenvalue weighted by atomic mass is 16.3. The second kappa shape index (κ2) is 9.09. The molecule has 6 nitrogen and oxygen atoms in total. The minimum atomic E-state index is -0.371. The van der Waals surface area contributed by atoms with Crippen LogP contribution in [0.1, 0.15) is 43.6 Å². The summed E-state index contributed by atoms with van der Waals surface area (Å²) >= 11 is 0. The lowest BCUT2D eigenvalue weighted by Crippen LogP contribution is -2.29. The number of carbonyl (C=O) groups excluding carboxylic acids is 2. The third-order valence-electron chi connectivity index (χ3n) is 4.94. The molecule has 154 valence electrons. The van der Waals surface area contributed by atoms with Gasteiger partial charge in [-0.2, -0.15) is 0 Å². The zero-order chi connectivity index (χ0) is 21.6. The average molecular weight is 411 g/mol. The molecule has 0 saturated carbocycles. The Morgan fingerprint density at radius 3 is 2.32 bits per heavy atom. The van der Waals surface area contributed by atoms with Crippen molar-refractivity contribution in [2.75, 3.05) is 5.32 Å². The first-order valence-electron chi connectivity index (χ1n) is 9.83. The summed E-state index contributed by atoms with van der Waals surface area (Å²) in [6, 6.07) is 21.6. The van der Waals surface area contributed by atoms with Crippen molar-refractivity contribution in [1.82, 2.24) is 10.3 Å². The van der Waals surface area contributed by atoms with Crippen LogP contribution in [0.25, 0.3) is 0 Å². The normalized spacial score (nSPS) is 11.5. The molecule has 2 heterocycles. The summed E-state index contributed by atoms with van der Waals surface area (Å²) in [5, 5.41) is 5.90. The summed E-state index contributed by atoms with van der Waals surface area (Å²) < 4.78 is 5.14. The molecule has 0 fully saturated rings. The minimum Gasteiger partial charge on any atom is -0.459 e. The van der Waals surface area contributed by atoms with Gasteiger partial charge in [-0.25, -0.2) is 0 Å². The monoisotopic (exact) mass is 411 g/mol. The Hall–Kier alpha value is -4.19. The van der Waals surface area contributed by atoms with E-state index in [1.807, 2.05) is 49.4 Å². The molecule has 4 rings (SSSR count). The van der Waals surface area contributed by atoms with E-state index < -0.39 is 0 Å². The minimum absolute atomic E-state index is 0.205. The maximum atomic E-state index is 13.1. The third-order valence-corrected chi connectivity index (χ3v) is 4.94. The van der Waals surface area contributed by atoms with E-state index in [9.17, 15) is 9.59 Å². The Balaban J connectivity index is 1.59. The first kappa shape index (κ1) is 20.1. The van der Waals surface area contributed by atoms with E-state index in [2.05, 4.69) is 15.6 Å². The number of hydrogen-bond donors (Lipinski definition) is 2. The van der Waals surface area contributed by atoms with Gasteiger partial charge in [-0.15, -0.1) is 0 Å². The van der Waals surface area contributed by atoms with E-state index >= 15 is 0 Å². The molecule has 2 aromatic carbocycles. The predicted molar refractivity (Wildman–Crippen MR) is 118 cm³/mol. The molecule has 1 unspecified atom stereocenters. The number of pyridine rings is 1. The highest BCUT2D eigenvalue weighted by Gasteiger charge is 2.19. The van der Waals surface area contributed by atoms with Crippen molar-refractivity contribution >= 4 is 17.5 Å². The lowest BCUT2D eigenvalue weighted by Gasteiger charge is -2.20. The summed E-state index contributed by atoms with van der Waals surface area (Å²) in [5.41, 5.74) is 3.71. The smallest absolute Gasteiger partial charge is 0.291 e. The van der Waals surface area contributed by atoms with Gasteiger partial charge in [0.25, 0.3) is 11.8 Å². The van der Waals surface area contributed by atoms with E-state index in [0.29, 0.717) is 11.3 Å². The van der Waals surface area contributed by atoms with Crippen molar-refractivity contribution < 1.29 is 14.0 Å². The molecule has 4 aromatic rings. The molecule has 0 spiro atoms. The first-order chi connectivity index (χ1) is 15.1. The van der Waals surface area contributed by atoms with Crippen LogP contribution in [0, 0.1) is 6.92 Å². The molecular formula is C25H21N3O3. The van der Waals surface area contributed by atoms with Crippen LogP contribution in [0.2, 0.25) is 0 Å². The molecule has 0 aliphatic heterocycles. The van der Waals surface area contributed by atoms with Gasteiger partial charge < -0.3 is 15.1 Å². The predicted octanol–water partition coefficient (Wildman–Crippen LogP) is 4.75. The van der Waals surface area contributed by atoms with Crippen molar-refractivity contribution in [3.8, 4) is 0 Å². The first-order valence-corrected chi connectivity index (χ1v) is 9.83. The van der Waals surface area contributed by atoms with Gasteiger partial charge in [0.05, 0.1) is 12.3 Å². The van der Waals surface area contributed by atoms with Crippen LogP contribution < -0.4 is 10.6 Å². The lowest BCUT2D eigenvalue weighted by atomic mass is 9.99. The number of nitrogens with zero attached hydrogens (tertiary/aromatic N) is 1. The summed E-state index contributed by atoms with van der Waals surface area (Å²) in [6.07, 6.45) is 4.84. The summed E-state index contributed by atoms with van der Waals surface area (Å²) in [5.74, 6) is -0.417. The second-order valence-corrected chi connectivity index (χ2v) is 7.06. The number of hydrogen-bond acceptors (Lipinski definition) is 4. The SMILES string of the molecule is Cc1ccc(C(=O)NC(c2ccccc2)c2ccncc2)cc1NC(=O)c1ccco1. The van der Waals surface area contributed by atoms with Gasteiger partial charge in [0.1, 0.15) is 0 Å². The van der Waals surface area contributed by atoms with Crippen molar-refractivity contribution in [2.24, 2.45) is 0 Å². The molecule has 2 amide bonds. The van der Waals surface area contributed by atoms with Gasteiger partial charge in [0, 0.05) is 23.6 Å². The Labute approximate surface area is 179 Å². The number of furan rings is 1. The molecular weight excluding hydrogens is 390 g/mol. The fourth-order valence-corrected chi connectivity index (χ4v) is 3.26. The van der Waals surface area contributed by atoms with Crippen LogP contribution in [0.5, 0.6) is 0 Å². The van der Waals surface area contributed by atoms with Crippen molar-refractivity contribution in [1.29, 1.82) is 0 Å². The van der Waals surface area contributed by atoms with E-state index in [4.69, 9.17) is 4.42 Å². The molecule has 0 aliphatic rings. The van der Waals surface area contributed by atoms with Crippen molar-refractivity contribution in [2.45, 2.75) is 13.0 Å². The Morgan fingerprint density at radius 1 is 0.871 bits per heavy atom. The number of benzene rings is 2. The zero-order valence-electron chi connectivity index (χ0n) is 16.9. The van der Waals surface area contributed by atoms with Crippen LogP contribution >= 0.6 is 0 Å². The largest absolute Gasteiger partial charge is 0.459 e. The van der Waals surface area contributed by atoms with Crippen LogP contribution in [-0.2, 0) is 0 Å². The molecule has 1 atom stereocenters. The van der Waals surface area contributed by atoms with Gasteiger partial charge in [0.15, 0.2) is 5.76 Å². The topological polar surface area (TPSA) is 84.2 Å². The molecule has 2 aromatic heterocycles. The molecule has 31 heavy (non-hydrogen) atoms. The van der Waals surface area contributed by atoms with E-state index in [1.165, 1.54) is 6.26 Å². The number of amides is 2. The van der Waals surface area contributed by atoms with Gasteiger partial charge in [-0.05, 0) is 60.0 Å². The molecule has 2 N–H and O–H groups in total.